The Labute approximate surface area is 243 Å². The van der Waals surface area contributed by atoms with E-state index in [1.165, 1.54) is 0 Å². The van der Waals surface area contributed by atoms with Crippen LogP contribution in [0.15, 0.2) is 72.3 Å². The summed E-state index contributed by atoms with van der Waals surface area (Å²) in [6.07, 6.45) is 0. The van der Waals surface area contributed by atoms with E-state index >= 15 is 0 Å². The highest BCUT2D eigenvalue weighted by Gasteiger charge is 2.46. The summed E-state index contributed by atoms with van der Waals surface area (Å²) in [7, 11) is 1.61. The van der Waals surface area contributed by atoms with E-state index in [2.05, 4.69) is 41.5 Å². The van der Waals surface area contributed by atoms with Gasteiger partial charge in [0.2, 0.25) is 0 Å². The summed E-state index contributed by atoms with van der Waals surface area (Å²) in [5, 5.41) is 11.7. The molecule has 0 radical (unpaired) electrons. The first-order valence-corrected chi connectivity index (χ1v) is 14.1. The van der Waals surface area contributed by atoms with Gasteiger partial charge in [-0.3, -0.25) is 9.59 Å². The van der Waals surface area contributed by atoms with E-state index in [4.69, 9.17) is 9.47 Å². The van der Waals surface area contributed by atoms with Crippen LogP contribution in [-0.4, -0.2) is 35.4 Å². The topological polar surface area (TPSA) is 76.1 Å². The quantitative estimate of drug-likeness (QED) is 0.188. The van der Waals surface area contributed by atoms with Crippen molar-refractivity contribution in [1.29, 1.82) is 0 Å². The molecule has 0 spiro atoms. The normalized spacial score (nSPS) is 17.2. The molecule has 1 N–H and O–H groups in total. The van der Waals surface area contributed by atoms with Crippen LogP contribution in [0.2, 0.25) is 0 Å². The number of ketones is 1. The Bertz CT molecular complexity index is 1450. The molecule has 0 bridgehead atoms. The lowest BCUT2D eigenvalue weighted by Crippen LogP contribution is -2.29. The van der Waals surface area contributed by atoms with E-state index in [0.717, 1.165) is 28.0 Å². The molecule has 1 unspecified atom stereocenters. The number of likely N-dealkylation sites (tertiary alicyclic amines) is 1. The number of carbonyl (C=O) groups excluding carboxylic acids is 2. The van der Waals surface area contributed by atoms with Gasteiger partial charge < -0.3 is 19.5 Å². The lowest BCUT2D eigenvalue weighted by Gasteiger charge is -2.27. The lowest BCUT2D eigenvalue weighted by molar-refractivity contribution is -0.140. The summed E-state index contributed by atoms with van der Waals surface area (Å²) in [5.74, 6) is -0.113. The number of rotatable bonds is 7. The number of aliphatic hydroxyl groups is 1. The van der Waals surface area contributed by atoms with Crippen LogP contribution in [0.3, 0.4) is 0 Å². The molecule has 0 aromatic heterocycles. The predicted molar refractivity (Wildman–Crippen MR) is 162 cm³/mol. The second-order valence-electron chi connectivity index (χ2n) is 12.5. The number of amides is 1. The van der Waals surface area contributed by atoms with Crippen molar-refractivity contribution < 1.29 is 24.2 Å². The fourth-order valence-corrected chi connectivity index (χ4v) is 5.21. The smallest absolute Gasteiger partial charge is 0.295 e. The average molecular weight is 556 g/mol. The fraction of sp³-hybridized carbons (Fsp3) is 0.371. The van der Waals surface area contributed by atoms with Gasteiger partial charge in [-0.1, -0.05) is 77.9 Å². The first-order chi connectivity index (χ1) is 19.3. The minimum absolute atomic E-state index is 0.0604. The van der Waals surface area contributed by atoms with Gasteiger partial charge in [-0.15, -0.1) is 0 Å². The standard InChI is InChI=1S/C35H41NO5/c1-9-41-26-17-10-22(11-18-26)21-36-30(23-12-15-25(16-13-23)34(2,3)4)29(32(38)33(36)39)31(37)24-14-19-28(40-8)27(20-24)35(5,6)7/h10-20,30,37H,9,21H2,1-8H3/b31-29-. The second kappa shape index (κ2) is 11.4. The summed E-state index contributed by atoms with van der Waals surface area (Å²) >= 11 is 0. The van der Waals surface area contributed by atoms with Crippen LogP contribution >= 0.6 is 0 Å². The molecule has 1 aliphatic heterocycles. The molecule has 3 aromatic rings. The molecule has 1 atom stereocenters. The van der Waals surface area contributed by atoms with Gasteiger partial charge in [-0.25, -0.2) is 0 Å². The maximum atomic E-state index is 13.6. The number of hydrogen-bond acceptors (Lipinski definition) is 5. The molecule has 216 valence electrons. The van der Waals surface area contributed by atoms with Gasteiger partial charge in [0.1, 0.15) is 17.3 Å². The van der Waals surface area contributed by atoms with Crippen molar-refractivity contribution in [2.45, 2.75) is 71.9 Å². The van der Waals surface area contributed by atoms with E-state index in [1.54, 1.807) is 24.1 Å². The maximum absolute atomic E-state index is 13.6. The van der Waals surface area contributed by atoms with Gasteiger partial charge in [0.05, 0.1) is 25.3 Å². The molecule has 6 heteroatoms. The Morgan fingerprint density at radius 3 is 2.05 bits per heavy atom. The Balaban J connectivity index is 1.86. The monoisotopic (exact) mass is 555 g/mol. The SMILES string of the molecule is CCOc1ccc(CN2C(=O)C(=O)/C(=C(\O)c3ccc(OC)c(C(C)(C)C)c3)C2c2ccc(C(C)(C)C)cc2)cc1. The highest BCUT2D eigenvalue weighted by Crippen LogP contribution is 2.42. The van der Waals surface area contributed by atoms with E-state index in [-0.39, 0.29) is 28.7 Å². The molecular formula is C35H41NO5. The van der Waals surface area contributed by atoms with Crippen molar-refractivity contribution in [3.63, 3.8) is 0 Å². The highest BCUT2D eigenvalue weighted by molar-refractivity contribution is 6.46. The average Bonchev–Trinajstić information content (AvgIpc) is 3.17. The van der Waals surface area contributed by atoms with Gasteiger partial charge >= 0.3 is 0 Å². The van der Waals surface area contributed by atoms with Gasteiger partial charge in [0.15, 0.2) is 0 Å². The van der Waals surface area contributed by atoms with E-state index in [1.807, 2.05) is 61.5 Å². The number of hydrogen-bond donors (Lipinski definition) is 1. The number of methoxy groups -OCH3 is 1. The summed E-state index contributed by atoms with van der Waals surface area (Å²) in [5.41, 5.74) is 3.84. The molecule has 3 aromatic carbocycles. The fourth-order valence-electron chi connectivity index (χ4n) is 5.21. The lowest BCUT2D eigenvalue weighted by atomic mass is 9.84. The van der Waals surface area contributed by atoms with Crippen LogP contribution in [0.5, 0.6) is 11.5 Å². The first kappa shape index (κ1) is 29.9. The molecule has 6 nitrogen and oxygen atoms in total. The maximum Gasteiger partial charge on any atom is 0.295 e. The molecule has 1 heterocycles. The van der Waals surface area contributed by atoms with Gasteiger partial charge in [-0.05, 0) is 64.8 Å². The van der Waals surface area contributed by atoms with Gasteiger partial charge in [0, 0.05) is 17.7 Å². The molecule has 0 saturated carbocycles. The van der Waals surface area contributed by atoms with Crippen molar-refractivity contribution in [2.24, 2.45) is 0 Å². The third kappa shape index (κ3) is 6.17. The minimum Gasteiger partial charge on any atom is -0.507 e. The number of benzene rings is 3. The highest BCUT2D eigenvalue weighted by atomic mass is 16.5. The number of nitrogens with zero attached hydrogens (tertiary/aromatic N) is 1. The van der Waals surface area contributed by atoms with Crippen molar-refractivity contribution >= 4 is 17.4 Å². The zero-order chi connectivity index (χ0) is 30.1. The van der Waals surface area contributed by atoms with Gasteiger partial charge in [0.25, 0.3) is 11.7 Å². The van der Waals surface area contributed by atoms with Crippen molar-refractivity contribution in [1.82, 2.24) is 4.90 Å². The van der Waals surface area contributed by atoms with Crippen LogP contribution < -0.4 is 9.47 Å². The summed E-state index contributed by atoms with van der Waals surface area (Å²) in [6.45, 7) is 15.3. The summed E-state index contributed by atoms with van der Waals surface area (Å²) in [6, 6.07) is 20.0. The predicted octanol–water partition coefficient (Wildman–Crippen LogP) is 7.31. The Hall–Kier alpha value is -4.06. The molecule has 1 aliphatic rings. The van der Waals surface area contributed by atoms with Gasteiger partial charge in [-0.2, -0.15) is 0 Å². The van der Waals surface area contributed by atoms with Crippen LogP contribution in [0.25, 0.3) is 5.76 Å². The second-order valence-corrected chi connectivity index (χ2v) is 12.5. The van der Waals surface area contributed by atoms with E-state index in [9.17, 15) is 14.7 Å². The van der Waals surface area contributed by atoms with Crippen molar-refractivity contribution in [3.05, 3.63) is 100 Å². The van der Waals surface area contributed by atoms with E-state index < -0.39 is 17.7 Å². The molecule has 4 rings (SSSR count). The third-order valence-electron chi connectivity index (χ3n) is 7.50. The molecule has 1 saturated heterocycles. The zero-order valence-electron chi connectivity index (χ0n) is 25.4. The summed E-state index contributed by atoms with van der Waals surface area (Å²) in [4.78, 5) is 28.7. The largest absolute Gasteiger partial charge is 0.507 e. The Morgan fingerprint density at radius 1 is 0.878 bits per heavy atom. The third-order valence-corrected chi connectivity index (χ3v) is 7.50. The molecule has 1 fully saturated rings. The Kier molecular flexibility index (Phi) is 8.34. The number of carbonyl (C=O) groups is 2. The number of ether oxygens (including phenoxy) is 2. The van der Waals surface area contributed by atoms with Crippen LogP contribution in [0.4, 0.5) is 0 Å². The Morgan fingerprint density at radius 2 is 1.51 bits per heavy atom. The van der Waals surface area contributed by atoms with Crippen LogP contribution in [-0.2, 0) is 27.0 Å². The molecular weight excluding hydrogens is 514 g/mol. The number of Topliss-reactive ketones (excluding diaryl/α,β-unsaturated/α-hetero) is 1. The van der Waals surface area contributed by atoms with Crippen LogP contribution in [0, 0.1) is 0 Å². The molecule has 1 amide bonds. The number of aliphatic hydroxyl groups excluding tert-OH is 1. The van der Waals surface area contributed by atoms with Crippen LogP contribution in [0.1, 0.15) is 82.3 Å². The van der Waals surface area contributed by atoms with Crippen molar-refractivity contribution in [3.8, 4) is 11.5 Å². The first-order valence-electron chi connectivity index (χ1n) is 14.1. The van der Waals surface area contributed by atoms with E-state index in [0.29, 0.717) is 17.9 Å². The minimum atomic E-state index is -0.754. The summed E-state index contributed by atoms with van der Waals surface area (Å²) < 4.78 is 11.1. The molecule has 0 aliphatic carbocycles. The van der Waals surface area contributed by atoms with Crippen molar-refractivity contribution in [2.75, 3.05) is 13.7 Å². The zero-order valence-corrected chi connectivity index (χ0v) is 25.4. The molecule has 41 heavy (non-hydrogen) atoms.